The lowest BCUT2D eigenvalue weighted by molar-refractivity contribution is 0.572. The zero-order valence-corrected chi connectivity index (χ0v) is 10.6. The smallest absolute Gasteiger partial charge is 0.260 e. The summed E-state index contributed by atoms with van der Waals surface area (Å²) in [4.78, 5) is 3.92. The maximum absolute atomic E-state index is 12.0. The standard InChI is InChI=1S/C11H17N3O2S/c1-12-10-3-2-7-13-11(10)17(15,16)14-8-6-9-4-5-9/h2-3,7,9,12,14H,4-6,8H2,1H3. The van der Waals surface area contributed by atoms with Gasteiger partial charge in [0.1, 0.15) is 0 Å². The van der Waals surface area contributed by atoms with Crippen molar-refractivity contribution < 1.29 is 8.42 Å². The van der Waals surface area contributed by atoms with E-state index in [1.807, 2.05) is 0 Å². The van der Waals surface area contributed by atoms with E-state index in [1.54, 1.807) is 19.2 Å². The van der Waals surface area contributed by atoms with Crippen molar-refractivity contribution in [2.45, 2.75) is 24.3 Å². The number of nitrogens with zero attached hydrogens (tertiary/aromatic N) is 1. The topological polar surface area (TPSA) is 71.1 Å². The highest BCUT2D eigenvalue weighted by atomic mass is 32.2. The molecular formula is C11H17N3O2S. The van der Waals surface area contributed by atoms with Crippen LogP contribution in [0.5, 0.6) is 0 Å². The van der Waals surface area contributed by atoms with Gasteiger partial charge in [-0.2, -0.15) is 0 Å². The summed E-state index contributed by atoms with van der Waals surface area (Å²) in [7, 11) is -1.81. The van der Waals surface area contributed by atoms with Gasteiger partial charge in [-0.05, 0) is 24.5 Å². The second kappa shape index (κ2) is 5.01. The summed E-state index contributed by atoms with van der Waals surface area (Å²) in [5.41, 5.74) is 0.520. The van der Waals surface area contributed by atoms with Gasteiger partial charge in [0, 0.05) is 19.8 Å². The van der Waals surface area contributed by atoms with Crippen LogP contribution in [0.15, 0.2) is 23.4 Å². The molecule has 1 aliphatic carbocycles. The Bertz CT molecular complexity index is 483. The Morgan fingerprint density at radius 2 is 2.24 bits per heavy atom. The van der Waals surface area contributed by atoms with E-state index in [0.717, 1.165) is 6.42 Å². The fourth-order valence-electron chi connectivity index (χ4n) is 1.67. The molecule has 0 saturated heterocycles. The number of aromatic nitrogens is 1. The maximum Gasteiger partial charge on any atom is 0.260 e. The third kappa shape index (κ3) is 3.17. The van der Waals surface area contributed by atoms with Gasteiger partial charge in [-0.25, -0.2) is 18.1 Å². The van der Waals surface area contributed by atoms with Gasteiger partial charge in [-0.15, -0.1) is 0 Å². The SMILES string of the molecule is CNc1cccnc1S(=O)(=O)NCCC1CC1. The second-order valence-electron chi connectivity index (χ2n) is 4.24. The lowest BCUT2D eigenvalue weighted by Crippen LogP contribution is -2.26. The number of sulfonamides is 1. The highest BCUT2D eigenvalue weighted by Gasteiger charge is 2.23. The van der Waals surface area contributed by atoms with E-state index in [4.69, 9.17) is 0 Å². The Kier molecular flexibility index (Phi) is 3.63. The van der Waals surface area contributed by atoms with Crippen molar-refractivity contribution in [1.82, 2.24) is 9.71 Å². The van der Waals surface area contributed by atoms with Gasteiger partial charge in [0.25, 0.3) is 10.0 Å². The van der Waals surface area contributed by atoms with Crippen LogP contribution < -0.4 is 10.0 Å². The van der Waals surface area contributed by atoms with Crippen molar-refractivity contribution in [2.24, 2.45) is 5.92 Å². The first-order chi connectivity index (χ1) is 8.13. The summed E-state index contributed by atoms with van der Waals surface area (Å²) in [5.74, 6) is 0.713. The summed E-state index contributed by atoms with van der Waals surface area (Å²) >= 11 is 0. The normalized spacial score (nSPS) is 15.8. The van der Waals surface area contributed by atoms with Crippen molar-refractivity contribution in [3.8, 4) is 0 Å². The molecule has 0 spiro atoms. The summed E-state index contributed by atoms with van der Waals surface area (Å²) in [6, 6.07) is 3.40. The number of nitrogens with one attached hydrogen (secondary N) is 2. The van der Waals surface area contributed by atoms with Gasteiger partial charge in [-0.3, -0.25) is 0 Å². The molecule has 1 aliphatic rings. The fourth-order valence-corrected chi connectivity index (χ4v) is 2.85. The minimum Gasteiger partial charge on any atom is -0.386 e. The highest BCUT2D eigenvalue weighted by molar-refractivity contribution is 7.89. The first-order valence-electron chi connectivity index (χ1n) is 5.76. The molecular weight excluding hydrogens is 238 g/mol. The molecule has 94 valence electrons. The molecule has 0 aliphatic heterocycles. The van der Waals surface area contributed by atoms with Crippen molar-refractivity contribution in [1.29, 1.82) is 0 Å². The zero-order valence-electron chi connectivity index (χ0n) is 9.81. The Labute approximate surface area is 102 Å². The zero-order chi connectivity index (χ0) is 12.3. The average Bonchev–Trinajstić information content (AvgIpc) is 3.13. The molecule has 1 aromatic heterocycles. The number of rotatable bonds is 6. The quantitative estimate of drug-likeness (QED) is 0.801. The Balaban J connectivity index is 2.06. The third-order valence-electron chi connectivity index (χ3n) is 2.84. The van der Waals surface area contributed by atoms with Gasteiger partial charge in [0.05, 0.1) is 5.69 Å². The third-order valence-corrected chi connectivity index (χ3v) is 4.26. The van der Waals surface area contributed by atoms with Gasteiger partial charge in [0.15, 0.2) is 5.03 Å². The first kappa shape index (κ1) is 12.3. The van der Waals surface area contributed by atoms with Crippen LogP contribution in [-0.4, -0.2) is 27.0 Å². The molecule has 6 heteroatoms. The van der Waals surface area contributed by atoms with Gasteiger partial charge in [0.2, 0.25) is 0 Å². The van der Waals surface area contributed by atoms with E-state index < -0.39 is 10.0 Å². The lowest BCUT2D eigenvalue weighted by atomic mass is 10.3. The molecule has 1 saturated carbocycles. The maximum atomic E-state index is 12.0. The molecule has 0 unspecified atom stereocenters. The molecule has 1 aromatic rings. The number of hydrogen-bond acceptors (Lipinski definition) is 4. The van der Waals surface area contributed by atoms with Crippen molar-refractivity contribution in [2.75, 3.05) is 18.9 Å². The fraction of sp³-hybridized carbons (Fsp3) is 0.545. The minimum absolute atomic E-state index is 0.0679. The number of hydrogen-bond donors (Lipinski definition) is 2. The van der Waals surface area contributed by atoms with E-state index in [2.05, 4.69) is 15.0 Å². The van der Waals surface area contributed by atoms with Crippen molar-refractivity contribution in [3.05, 3.63) is 18.3 Å². The molecule has 2 N–H and O–H groups in total. The largest absolute Gasteiger partial charge is 0.386 e. The highest BCUT2D eigenvalue weighted by Crippen LogP contribution is 2.31. The number of pyridine rings is 1. The van der Waals surface area contributed by atoms with E-state index in [-0.39, 0.29) is 5.03 Å². The predicted octanol–water partition coefficient (Wildman–Crippen LogP) is 1.20. The van der Waals surface area contributed by atoms with Gasteiger partial charge >= 0.3 is 0 Å². The lowest BCUT2D eigenvalue weighted by Gasteiger charge is -2.09. The van der Waals surface area contributed by atoms with Crippen LogP contribution in [0, 0.1) is 5.92 Å². The Hall–Kier alpha value is -1.14. The predicted molar refractivity (Wildman–Crippen MR) is 66.3 cm³/mol. The molecule has 0 atom stereocenters. The van der Waals surface area contributed by atoms with E-state index >= 15 is 0 Å². The van der Waals surface area contributed by atoms with Crippen LogP contribution in [0.3, 0.4) is 0 Å². The summed E-state index contributed by atoms with van der Waals surface area (Å²) < 4.78 is 26.6. The van der Waals surface area contributed by atoms with Crippen molar-refractivity contribution in [3.63, 3.8) is 0 Å². The molecule has 1 fully saturated rings. The molecule has 0 aromatic carbocycles. The van der Waals surface area contributed by atoms with Crippen molar-refractivity contribution >= 4 is 15.7 Å². The van der Waals surface area contributed by atoms with Crippen LogP contribution in [0.1, 0.15) is 19.3 Å². The molecule has 0 radical (unpaired) electrons. The molecule has 0 amide bonds. The van der Waals surface area contributed by atoms with Crippen LogP contribution in [-0.2, 0) is 10.0 Å². The molecule has 5 nitrogen and oxygen atoms in total. The molecule has 1 heterocycles. The number of anilines is 1. The Morgan fingerprint density at radius 3 is 2.88 bits per heavy atom. The average molecular weight is 255 g/mol. The van der Waals surface area contributed by atoms with Gasteiger partial charge < -0.3 is 5.32 Å². The molecule has 0 bridgehead atoms. The van der Waals surface area contributed by atoms with Gasteiger partial charge in [-0.1, -0.05) is 12.8 Å². The molecule has 17 heavy (non-hydrogen) atoms. The van der Waals surface area contributed by atoms with E-state index in [1.165, 1.54) is 19.0 Å². The van der Waals surface area contributed by atoms with Crippen LogP contribution in [0.2, 0.25) is 0 Å². The van der Waals surface area contributed by atoms with Crippen LogP contribution in [0.25, 0.3) is 0 Å². The minimum atomic E-state index is -3.49. The summed E-state index contributed by atoms with van der Waals surface area (Å²) in [6.45, 7) is 0.493. The molecule has 2 rings (SSSR count). The van der Waals surface area contributed by atoms with E-state index in [0.29, 0.717) is 18.2 Å². The monoisotopic (exact) mass is 255 g/mol. The van der Waals surface area contributed by atoms with Crippen LogP contribution in [0.4, 0.5) is 5.69 Å². The van der Waals surface area contributed by atoms with E-state index in [9.17, 15) is 8.42 Å². The Morgan fingerprint density at radius 1 is 1.47 bits per heavy atom. The summed E-state index contributed by atoms with van der Waals surface area (Å²) in [5, 5.41) is 2.90. The van der Waals surface area contributed by atoms with Crippen LogP contribution >= 0.6 is 0 Å². The first-order valence-corrected chi connectivity index (χ1v) is 7.24. The second-order valence-corrected chi connectivity index (χ2v) is 5.92. The summed E-state index contributed by atoms with van der Waals surface area (Å²) in [6.07, 6.45) is 4.86.